The van der Waals surface area contributed by atoms with Gasteiger partial charge in [-0.15, -0.1) is 22.7 Å². The Morgan fingerprint density at radius 3 is 1.21 bits per heavy atom. The van der Waals surface area contributed by atoms with Crippen molar-refractivity contribution in [1.82, 2.24) is 44.9 Å². The normalized spacial score (nSPS) is 12.1. The zero-order chi connectivity index (χ0) is 74.7. The lowest BCUT2D eigenvalue weighted by molar-refractivity contribution is 0.660. The SMILES string of the molecule is CC1(C)c2ccccc2-c2ccc(-c3nc(Cl)nc(-c4ccc5c(c4)oc4ccccc45)n3)cc21.Clc1nc(-c2cc(-c3ccccc3)cc(-c3ccccc3)c2)nc(-c2ccc3sc4ccccc4c3c2)n1.Clc1nc(-c2ccc(-c3cccc(-c4ccccc4)c3)cc2)nc(-c2ccc3c(c2)sc2ccccc23)n1. The van der Waals surface area contributed by atoms with E-state index in [0.29, 0.717) is 34.9 Å². The van der Waals surface area contributed by atoms with Gasteiger partial charge < -0.3 is 4.42 Å². The lowest BCUT2D eigenvalue weighted by Crippen LogP contribution is -2.15. The standard InChI is InChI=1S/2C33H20ClN3S.C30H20ClN3O/c34-33-36-31(23-15-16-30-28(20-23)27-13-7-8-14-29(27)38-30)35-32(37-33)26-18-24(21-9-3-1-4-10-21)17-25(19-26)22-11-5-2-6-12-22;34-33-36-31(35-32(37-33)26-17-18-28-27-11-4-5-12-29(27)38-30(28)20-26)23-15-13-22(14-16-23)25-10-6-9-24(19-25)21-7-2-1-3-8-21;1-30(2)23-9-5-3-7-19(23)20-13-11-17(15-24(20)30)27-32-28(34-29(31)33-27)18-12-14-22-21-8-4-6-10-25(21)35-26(22)16-18/h2*1-20H;3-16H,1-2H3. The maximum absolute atomic E-state index is 6.50. The van der Waals surface area contributed by atoms with Gasteiger partial charge in [0.2, 0.25) is 15.9 Å². The first-order valence-electron chi connectivity index (χ1n) is 36.2. The van der Waals surface area contributed by atoms with E-state index in [0.717, 1.165) is 88.7 Å². The van der Waals surface area contributed by atoms with Gasteiger partial charge in [-0.25, -0.2) is 15.0 Å². The van der Waals surface area contributed by atoms with Gasteiger partial charge in [-0.2, -0.15) is 29.9 Å². The molecule has 0 unspecified atom stereocenters. The van der Waals surface area contributed by atoms with E-state index < -0.39 is 0 Å². The van der Waals surface area contributed by atoms with Gasteiger partial charge in [0.25, 0.3) is 0 Å². The summed E-state index contributed by atoms with van der Waals surface area (Å²) in [7, 11) is 0. The summed E-state index contributed by atoms with van der Waals surface area (Å²) in [6.45, 7) is 4.52. The van der Waals surface area contributed by atoms with E-state index in [1.807, 2.05) is 91.0 Å². The van der Waals surface area contributed by atoms with Crippen molar-refractivity contribution in [2.24, 2.45) is 0 Å². The lowest BCUT2D eigenvalue weighted by atomic mass is 9.82. The lowest BCUT2D eigenvalue weighted by Gasteiger charge is -2.21. The molecule has 21 rings (SSSR count). The first-order chi connectivity index (χ1) is 54.4. The number of hydrogen-bond donors (Lipinski definition) is 0. The van der Waals surface area contributed by atoms with Gasteiger partial charge in [-0.3, -0.25) is 0 Å². The minimum atomic E-state index is -0.103. The van der Waals surface area contributed by atoms with Crippen LogP contribution >= 0.6 is 57.5 Å². The van der Waals surface area contributed by atoms with Crippen LogP contribution in [0.25, 0.3) is 186 Å². The Morgan fingerprint density at radius 1 is 0.225 bits per heavy atom. The van der Waals surface area contributed by atoms with E-state index in [-0.39, 0.29) is 21.3 Å². The smallest absolute Gasteiger partial charge is 0.226 e. The molecule has 0 saturated carbocycles. The summed E-state index contributed by atoms with van der Waals surface area (Å²) >= 11 is 22.8. The number of thiophene rings is 2. The third-order valence-corrected chi connectivity index (χ3v) is 23.2. The number of aromatic nitrogens is 9. The summed E-state index contributed by atoms with van der Waals surface area (Å²) in [5, 5.41) is 7.60. The number of hydrogen-bond acceptors (Lipinski definition) is 12. The first kappa shape index (κ1) is 68.7. The number of halogens is 3. The second-order valence-electron chi connectivity index (χ2n) is 27.7. The fourth-order valence-electron chi connectivity index (χ4n) is 14.9. The van der Waals surface area contributed by atoms with Gasteiger partial charge in [-0.1, -0.05) is 257 Å². The molecule has 10 nitrogen and oxygen atoms in total. The third-order valence-electron chi connectivity index (χ3n) is 20.4. The van der Waals surface area contributed by atoms with Crippen molar-refractivity contribution >= 4 is 120 Å². The number of furan rings is 1. The summed E-state index contributed by atoms with van der Waals surface area (Å²) in [6.07, 6.45) is 0. The van der Waals surface area contributed by atoms with Crippen molar-refractivity contribution in [2.45, 2.75) is 19.3 Å². The van der Waals surface area contributed by atoms with Crippen molar-refractivity contribution in [1.29, 1.82) is 0 Å². The molecular formula is C96H60Cl3N9OS2. The average Bonchev–Trinajstić information content (AvgIpc) is 1.59. The van der Waals surface area contributed by atoms with Crippen molar-refractivity contribution in [2.75, 3.05) is 0 Å². The Hall–Kier alpha value is -12.8. The van der Waals surface area contributed by atoms with E-state index >= 15 is 0 Å². The van der Waals surface area contributed by atoms with Crippen molar-refractivity contribution in [3.05, 3.63) is 355 Å². The molecule has 0 aliphatic heterocycles. The van der Waals surface area contributed by atoms with Crippen LogP contribution < -0.4 is 0 Å². The molecule has 0 spiro atoms. The molecule has 20 aromatic rings. The molecule has 14 aromatic carbocycles. The van der Waals surface area contributed by atoms with Crippen LogP contribution in [0.3, 0.4) is 0 Å². The van der Waals surface area contributed by atoms with Crippen LogP contribution in [0.1, 0.15) is 25.0 Å². The average molecular weight is 1530 g/mol. The quantitative estimate of drug-likeness (QED) is 0.130. The van der Waals surface area contributed by atoms with Gasteiger partial charge in [-0.05, 0) is 186 Å². The number of nitrogens with zero attached hydrogens (tertiary/aromatic N) is 9. The maximum atomic E-state index is 6.50. The summed E-state index contributed by atoms with van der Waals surface area (Å²) in [4.78, 5) is 41.3. The Morgan fingerprint density at radius 2 is 0.595 bits per heavy atom. The summed E-state index contributed by atoms with van der Waals surface area (Å²) in [5.41, 5.74) is 21.1. The van der Waals surface area contributed by atoms with E-state index in [1.165, 1.54) is 73.7 Å². The Labute approximate surface area is 661 Å². The van der Waals surface area contributed by atoms with Gasteiger partial charge in [0.05, 0.1) is 0 Å². The molecule has 15 heteroatoms. The largest absolute Gasteiger partial charge is 0.456 e. The van der Waals surface area contributed by atoms with Crippen LogP contribution in [0.2, 0.25) is 15.9 Å². The van der Waals surface area contributed by atoms with Crippen molar-refractivity contribution < 1.29 is 4.42 Å². The second-order valence-corrected chi connectivity index (χ2v) is 30.9. The molecule has 0 amide bonds. The van der Waals surface area contributed by atoms with Crippen LogP contribution in [-0.2, 0) is 5.41 Å². The van der Waals surface area contributed by atoms with Crippen LogP contribution in [0.15, 0.2) is 332 Å². The topological polar surface area (TPSA) is 129 Å². The molecular weight excluding hydrogens is 1470 g/mol. The summed E-state index contributed by atoms with van der Waals surface area (Å²) in [6, 6.07) is 113. The molecule has 0 radical (unpaired) electrons. The predicted molar refractivity (Wildman–Crippen MR) is 459 cm³/mol. The fourth-order valence-corrected chi connectivity index (χ4v) is 17.6. The third kappa shape index (κ3) is 13.5. The zero-order valence-corrected chi connectivity index (χ0v) is 63.5. The maximum Gasteiger partial charge on any atom is 0.226 e. The first-order valence-corrected chi connectivity index (χ1v) is 39.0. The second kappa shape index (κ2) is 29.0. The number of para-hydroxylation sites is 1. The van der Waals surface area contributed by atoms with Crippen molar-refractivity contribution in [3.8, 4) is 124 Å². The number of benzene rings is 14. The molecule has 0 bridgehead atoms. The van der Waals surface area contributed by atoms with Gasteiger partial charge >= 0.3 is 0 Å². The highest BCUT2D eigenvalue weighted by molar-refractivity contribution is 7.26. The molecule has 528 valence electrons. The zero-order valence-electron chi connectivity index (χ0n) is 59.6. The van der Waals surface area contributed by atoms with Crippen LogP contribution in [0, 0.1) is 0 Å². The molecule has 0 atom stereocenters. The van der Waals surface area contributed by atoms with Gasteiger partial charge in [0, 0.05) is 89.9 Å². The Balaban J connectivity index is 0.000000113. The molecule has 1 aliphatic rings. The fraction of sp³-hybridized carbons (Fsp3) is 0.0312. The van der Waals surface area contributed by atoms with E-state index in [2.05, 4.69) is 280 Å². The van der Waals surface area contributed by atoms with Crippen LogP contribution in [-0.4, -0.2) is 44.9 Å². The molecule has 0 saturated heterocycles. The van der Waals surface area contributed by atoms with Gasteiger partial charge in [0.1, 0.15) is 11.2 Å². The molecule has 6 aromatic heterocycles. The number of rotatable bonds is 10. The highest BCUT2D eigenvalue weighted by atomic mass is 35.5. The Kier molecular flexibility index (Phi) is 17.9. The molecule has 0 N–H and O–H groups in total. The highest BCUT2D eigenvalue weighted by Gasteiger charge is 2.35. The monoisotopic (exact) mass is 1520 g/mol. The molecule has 6 heterocycles. The molecule has 1 aliphatic carbocycles. The Bertz CT molecular complexity index is 6930. The highest BCUT2D eigenvalue weighted by Crippen LogP contribution is 2.50. The molecule has 111 heavy (non-hydrogen) atoms. The van der Waals surface area contributed by atoms with Crippen LogP contribution in [0.4, 0.5) is 0 Å². The summed E-state index contributed by atoms with van der Waals surface area (Å²) < 4.78 is 11.0. The van der Waals surface area contributed by atoms with E-state index in [9.17, 15) is 0 Å². The van der Waals surface area contributed by atoms with Gasteiger partial charge in [0.15, 0.2) is 34.9 Å². The number of fused-ring (bicyclic) bond motifs is 12. The van der Waals surface area contributed by atoms with E-state index in [4.69, 9.17) is 54.2 Å². The van der Waals surface area contributed by atoms with E-state index in [1.54, 1.807) is 22.7 Å². The minimum Gasteiger partial charge on any atom is -0.456 e. The summed E-state index contributed by atoms with van der Waals surface area (Å²) in [5.74, 6) is 3.30. The minimum absolute atomic E-state index is 0.103. The van der Waals surface area contributed by atoms with Crippen LogP contribution in [0.5, 0.6) is 0 Å². The van der Waals surface area contributed by atoms with Crippen molar-refractivity contribution in [3.63, 3.8) is 0 Å². The predicted octanol–water partition coefficient (Wildman–Crippen LogP) is 27.2. The molecule has 0 fully saturated rings.